The number of ether oxygens (including phenoxy) is 1. The lowest BCUT2D eigenvalue weighted by Crippen LogP contribution is -1.92. The molecule has 1 aromatic rings. The minimum Gasteiger partial charge on any atom is -0.466 e. The number of methoxy groups -OCH3 is 1. The quantitative estimate of drug-likeness (QED) is 0.531. The van der Waals surface area contributed by atoms with E-state index < -0.39 is 5.97 Å². The second-order valence-electron chi connectivity index (χ2n) is 2.17. The first kappa shape index (κ1) is 9.49. The molecule has 0 radical (unpaired) electrons. The lowest BCUT2D eigenvalue weighted by atomic mass is 10.3. The van der Waals surface area contributed by atoms with Gasteiger partial charge in [0.1, 0.15) is 6.07 Å². The summed E-state index contributed by atoms with van der Waals surface area (Å²) in [6.45, 7) is 0. The average Bonchev–Trinajstić information content (AvgIpc) is 2.61. The maximum absolute atomic E-state index is 10.7. The van der Waals surface area contributed by atoms with Crippen molar-refractivity contribution in [1.82, 2.24) is 0 Å². The van der Waals surface area contributed by atoms with E-state index in [-0.39, 0.29) is 0 Å². The number of esters is 1. The summed E-state index contributed by atoms with van der Waals surface area (Å²) in [5, 5.41) is 10.4. The van der Waals surface area contributed by atoms with Crippen molar-refractivity contribution in [1.29, 1.82) is 5.26 Å². The van der Waals surface area contributed by atoms with Crippen LogP contribution < -0.4 is 0 Å². The zero-order chi connectivity index (χ0) is 9.68. The maximum atomic E-state index is 10.7. The summed E-state index contributed by atoms with van der Waals surface area (Å²) < 4.78 is 4.42. The first-order valence-corrected chi connectivity index (χ1v) is 4.39. The molecule has 0 aliphatic carbocycles. The van der Waals surface area contributed by atoms with Gasteiger partial charge in [-0.3, -0.25) is 0 Å². The number of thiophene rings is 1. The Morgan fingerprint density at radius 2 is 2.54 bits per heavy atom. The highest BCUT2D eigenvalue weighted by Gasteiger charge is 1.99. The van der Waals surface area contributed by atoms with Crippen LogP contribution >= 0.6 is 11.3 Å². The summed E-state index contributed by atoms with van der Waals surface area (Å²) >= 11 is 1.41. The number of carbonyl (C=O) groups is 1. The van der Waals surface area contributed by atoms with Gasteiger partial charge in [-0.15, -0.1) is 11.3 Å². The van der Waals surface area contributed by atoms with Crippen molar-refractivity contribution in [3.8, 4) is 6.07 Å². The van der Waals surface area contributed by atoms with E-state index in [2.05, 4.69) is 4.74 Å². The van der Waals surface area contributed by atoms with E-state index in [9.17, 15) is 4.79 Å². The fourth-order valence-electron chi connectivity index (χ4n) is 0.754. The molecule has 0 spiro atoms. The molecule has 0 atom stereocenters. The van der Waals surface area contributed by atoms with E-state index >= 15 is 0 Å². The van der Waals surface area contributed by atoms with Crippen molar-refractivity contribution in [2.45, 2.75) is 0 Å². The Bertz CT molecular complexity index is 373. The molecule has 3 nitrogen and oxygen atoms in total. The van der Waals surface area contributed by atoms with Crippen LogP contribution in [0.2, 0.25) is 0 Å². The zero-order valence-corrected chi connectivity index (χ0v) is 7.80. The number of carbonyl (C=O) groups excluding carboxylic acids is 1. The van der Waals surface area contributed by atoms with Crippen molar-refractivity contribution >= 4 is 23.4 Å². The van der Waals surface area contributed by atoms with Gasteiger partial charge < -0.3 is 4.74 Å². The number of nitrogens with zero attached hydrogens (tertiary/aromatic N) is 1. The molecule has 1 aromatic heterocycles. The zero-order valence-electron chi connectivity index (χ0n) is 6.98. The highest BCUT2D eigenvalue weighted by atomic mass is 32.1. The van der Waals surface area contributed by atoms with Crippen LogP contribution in [0.15, 0.2) is 17.5 Å². The van der Waals surface area contributed by atoms with Crippen LogP contribution in [0.25, 0.3) is 6.08 Å². The van der Waals surface area contributed by atoms with Crippen molar-refractivity contribution in [2.24, 2.45) is 0 Å². The third-order valence-corrected chi connectivity index (χ3v) is 2.27. The van der Waals surface area contributed by atoms with Gasteiger partial charge in [0.05, 0.1) is 12.7 Å². The Hall–Kier alpha value is -1.60. The van der Waals surface area contributed by atoms with Crippen molar-refractivity contribution in [3.63, 3.8) is 0 Å². The van der Waals surface area contributed by atoms with Crippen LogP contribution in [0.3, 0.4) is 0 Å². The molecule has 0 amide bonds. The molecular weight excluding hydrogens is 186 g/mol. The van der Waals surface area contributed by atoms with Gasteiger partial charge in [-0.25, -0.2) is 4.79 Å². The Labute approximate surface area is 79.9 Å². The van der Waals surface area contributed by atoms with Crippen LogP contribution in [0.1, 0.15) is 10.4 Å². The Kier molecular flexibility index (Phi) is 3.23. The number of hydrogen-bond donors (Lipinski definition) is 0. The van der Waals surface area contributed by atoms with Gasteiger partial charge in [-0.1, -0.05) is 0 Å². The molecule has 66 valence electrons. The molecule has 0 aliphatic rings. The maximum Gasteiger partial charge on any atom is 0.330 e. The van der Waals surface area contributed by atoms with Crippen molar-refractivity contribution in [2.75, 3.05) is 7.11 Å². The van der Waals surface area contributed by atoms with Gasteiger partial charge >= 0.3 is 5.97 Å². The van der Waals surface area contributed by atoms with Crippen LogP contribution in [0.5, 0.6) is 0 Å². The SMILES string of the molecule is COC(=O)/C=C/c1sccc1C#N. The monoisotopic (exact) mass is 193 g/mol. The third-order valence-electron chi connectivity index (χ3n) is 1.39. The van der Waals surface area contributed by atoms with Crippen LogP contribution in [0, 0.1) is 11.3 Å². The third kappa shape index (κ3) is 2.42. The highest BCUT2D eigenvalue weighted by Crippen LogP contribution is 2.17. The van der Waals surface area contributed by atoms with E-state index in [1.54, 1.807) is 17.5 Å². The summed E-state index contributed by atoms with van der Waals surface area (Å²) in [4.78, 5) is 11.5. The van der Waals surface area contributed by atoms with E-state index in [0.29, 0.717) is 5.56 Å². The standard InChI is InChI=1S/C9H7NO2S/c1-12-9(11)3-2-8-7(6-10)4-5-13-8/h2-5H,1H3/b3-2+. The van der Waals surface area contributed by atoms with Gasteiger partial charge in [0.2, 0.25) is 0 Å². The smallest absolute Gasteiger partial charge is 0.330 e. The Morgan fingerprint density at radius 1 is 1.77 bits per heavy atom. The van der Waals surface area contributed by atoms with Gasteiger partial charge in [0.25, 0.3) is 0 Å². The lowest BCUT2D eigenvalue weighted by molar-refractivity contribution is -0.134. The fraction of sp³-hybridized carbons (Fsp3) is 0.111. The summed E-state index contributed by atoms with van der Waals surface area (Å²) in [5.41, 5.74) is 0.574. The van der Waals surface area contributed by atoms with Crippen molar-refractivity contribution in [3.05, 3.63) is 28.0 Å². The van der Waals surface area contributed by atoms with E-state index in [4.69, 9.17) is 5.26 Å². The molecule has 0 bridgehead atoms. The Balaban J connectivity index is 2.80. The molecule has 0 saturated carbocycles. The lowest BCUT2D eigenvalue weighted by Gasteiger charge is -1.88. The summed E-state index contributed by atoms with van der Waals surface area (Å²) in [6, 6.07) is 3.73. The fourth-order valence-corrected chi connectivity index (χ4v) is 1.49. The molecule has 0 N–H and O–H groups in total. The van der Waals surface area contributed by atoms with E-state index in [1.807, 2.05) is 6.07 Å². The normalized spacial score (nSPS) is 9.85. The van der Waals surface area contributed by atoms with Crippen LogP contribution in [-0.4, -0.2) is 13.1 Å². The second-order valence-corrected chi connectivity index (χ2v) is 3.11. The van der Waals surface area contributed by atoms with Crippen LogP contribution in [-0.2, 0) is 9.53 Å². The minimum atomic E-state index is -0.419. The van der Waals surface area contributed by atoms with Crippen LogP contribution in [0.4, 0.5) is 0 Å². The van der Waals surface area contributed by atoms with E-state index in [1.165, 1.54) is 24.5 Å². The van der Waals surface area contributed by atoms with Gasteiger partial charge in [-0.05, 0) is 17.5 Å². The molecular formula is C9H7NO2S. The summed E-state index contributed by atoms with van der Waals surface area (Å²) in [6.07, 6.45) is 2.88. The topological polar surface area (TPSA) is 50.1 Å². The highest BCUT2D eigenvalue weighted by molar-refractivity contribution is 7.11. The molecule has 1 heterocycles. The molecule has 0 saturated heterocycles. The molecule has 0 unspecified atom stereocenters. The molecule has 1 rings (SSSR count). The Morgan fingerprint density at radius 3 is 3.15 bits per heavy atom. The second kappa shape index (κ2) is 4.43. The first-order chi connectivity index (χ1) is 6.27. The predicted molar refractivity (Wildman–Crippen MR) is 50.1 cm³/mol. The minimum absolute atomic E-state index is 0.419. The molecule has 4 heteroatoms. The predicted octanol–water partition coefficient (Wildman–Crippen LogP) is 1.81. The number of rotatable bonds is 2. The first-order valence-electron chi connectivity index (χ1n) is 3.51. The average molecular weight is 193 g/mol. The number of nitriles is 1. The molecule has 0 fully saturated rings. The molecule has 13 heavy (non-hydrogen) atoms. The largest absolute Gasteiger partial charge is 0.466 e. The summed E-state index contributed by atoms with van der Waals surface area (Å²) in [5.74, 6) is -0.419. The van der Waals surface area contributed by atoms with Gasteiger partial charge in [0, 0.05) is 11.0 Å². The summed E-state index contributed by atoms with van der Waals surface area (Å²) in [7, 11) is 1.31. The molecule has 0 aliphatic heterocycles. The van der Waals surface area contributed by atoms with Gasteiger partial charge in [-0.2, -0.15) is 5.26 Å². The van der Waals surface area contributed by atoms with E-state index in [0.717, 1.165) is 4.88 Å². The number of hydrogen-bond acceptors (Lipinski definition) is 4. The molecule has 0 aromatic carbocycles. The van der Waals surface area contributed by atoms with Crippen molar-refractivity contribution < 1.29 is 9.53 Å². The van der Waals surface area contributed by atoms with Gasteiger partial charge in [0.15, 0.2) is 0 Å².